The molecule has 0 atom stereocenters. The standard InChI is InChI=1S/C46H26N4O3.C41H25N3O2.C34H20N4O2/c1-2-12-27(13-3-1)43-48-44(29-15-8-14-28(26-29)30-17-9-18-32-31-16-4-6-22-36(31)52-42(30)32)50-45(49-43)33-19-10-24-38-40(33)41-34(20-11-25-39(41)51-38)46-47-35-21-5-7-23-37(35)53-46;1-3-11-26(12-4-1)27-21-23-29(24-22-27)34-25-33(28-13-5-2-6-14-28)42-40(43-34)30-15-9-19-36-38(30)39-31(16-10-20-37(39)45-36)41-44-32-17-7-8-18-35(32)46-41;1-3-11-21(12-4-1)31-36-32(22-13-5-2-6-14-22)38-33(37-31)23-15-9-19-27-29(23)30-24(16-10-20-28(30)39-27)34-35-25-17-7-8-18-26(25)40-34/h1-26H;1-25H;1-20H. The number of benzene rings is 18. The van der Waals surface area contributed by atoms with Crippen molar-refractivity contribution in [1.82, 2.24) is 54.8 Å². The molecule has 0 amide bonds. The number of nitrogens with zero attached hydrogens (tertiary/aromatic N) is 11. The predicted molar refractivity (Wildman–Crippen MR) is 550 cm³/mol. The topological polar surface area (TPSA) is 234 Å². The SMILES string of the molecule is c1ccc(-c2ccc(-c3cc(-c4ccccc4)nc(-c4cccc5oc6cccc(-c7nc8ccccc8o7)c6c45)n3)cc2)cc1.c1ccc(-c2nc(-c3cccc(-c4cccc5c4oc4ccccc45)c3)nc(-c3cccc4oc5cccc(-c6nc7ccccc7o6)c5c34)n2)cc1.c1ccc(-c2nc(-c3ccccc3)nc(-c3cccc4oc5cccc(-c6nc7ccccc7o6)c5c34)n2)cc1. The number of hydrogen-bond acceptors (Lipinski definition) is 18. The molecule has 0 aliphatic heterocycles. The molecule has 0 N–H and O–H groups in total. The number of oxazole rings is 3. The normalized spacial score (nSPS) is 11.6. The summed E-state index contributed by atoms with van der Waals surface area (Å²) in [5.74, 6) is 5.64. The fourth-order valence-corrected chi connectivity index (χ4v) is 18.7. The van der Waals surface area contributed by atoms with Crippen molar-refractivity contribution in [2.24, 2.45) is 0 Å². The van der Waals surface area contributed by atoms with E-state index >= 15 is 0 Å². The average molecular weight is 1790 g/mol. The van der Waals surface area contributed by atoms with Crippen molar-refractivity contribution in [3.8, 4) is 159 Å². The van der Waals surface area contributed by atoms with E-state index in [4.69, 9.17) is 85.7 Å². The highest BCUT2D eigenvalue weighted by Crippen LogP contribution is 2.48. The molecule has 0 radical (unpaired) electrons. The van der Waals surface area contributed by atoms with Gasteiger partial charge in [-0.2, -0.15) is 0 Å². The van der Waals surface area contributed by atoms with Gasteiger partial charge in [-0.25, -0.2) is 54.8 Å². The smallest absolute Gasteiger partial charge is 0.228 e. The van der Waals surface area contributed by atoms with Crippen LogP contribution in [0.2, 0.25) is 0 Å². The maximum atomic E-state index is 6.45. The lowest BCUT2D eigenvalue weighted by Gasteiger charge is -2.11. The summed E-state index contributed by atoms with van der Waals surface area (Å²) in [7, 11) is 0. The van der Waals surface area contributed by atoms with Crippen LogP contribution < -0.4 is 0 Å². The Bertz CT molecular complexity index is 9450. The fraction of sp³-hybridized carbons (Fsp3) is 0. The zero-order chi connectivity index (χ0) is 91.8. The molecule has 10 aromatic heterocycles. The summed E-state index contributed by atoms with van der Waals surface area (Å²) in [6.07, 6.45) is 0. The summed E-state index contributed by atoms with van der Waals surface area (Å²) in [6, 6.07) is 143. The molecule has 0 saturated carbocycles. The molecule has 139 heavy (non-hydrogen) atoms. The Balaban J connectivity index is 0.000000109. The molecule has 0 saturated heterocycles. The predicted octanol–water partition coefficient (Wildman–Crippen LogP) is 31.6. The van der Waals surface area contributed by atoms with Crippen molar-refractivity contribution in [3.05, 3.63) is 431 Å². The van der Waals surface area contributed by atoms with Gasteiger partial charge in [-0.15, -0.1) is 0 Å². The van der Waals surface area contributed by atoms with Crippen molar-refractivity contribution >= 4 is 121 Å². The van der Waals surface area contributed by atoms with Gasteiger partial charge in [-0.3, -0.25) is 0 Å². The lowest BCUT2D eigenvalue weighted by molar-refractivity contribution is 0.620. The zero-order valence-corrected chi connectivity index (χ0v) is 73.8. The molecule has 0 aliphatic rings. The fourth-order valence-electron chi connectivity index (χ4n) is 18.7. The zero-order valence-electron chi connectivity index (χ0n) is 73.8. The highest BCUT2D eigenvalue weighted by molar-refractivity contribution is 6.20. The van der Waals surface area contributed by atoms with Crippen LogP contribution in [0.3, 0.4) is 0 Å². The molecule has 28 aromatic rings. The summed E-state index contributed by atoms with van der Waals surface area (Å²) in [4.78, 5) is 54.9. The van der Waals surface area contributed by atoms with Crippen LogP contribution in [0.15, 0.2) is 462 Å². The highest BCUT2D eigenvalue weighted by atomic mass is 16.4. The Kier molecular flexibility index (Phi) is 19.7. The molecule has 0 bridgehead atoms. The maximum absolute atomic E-state index is 6.45. The van der Waals surface area contributed by atoms with Crippen LogP contribution in [0.25, 0.3) is 280 Å². The van der Waals surface area contributed by atoms with Crippen LogP contribution in [0.4, 0.5) is 0 Å². The van der Waals surface area contributed by atoms with Crippen molar-refractivity contribution in [2.75, 3.05) is 0 Å². The van der Waals surface area contributed by atoms with Gasteiger partial charge in [-0.1, -0.05) is 322 Å². The third-order valence-electron chi connectivity index (χ3n) is 25.1. The van der Waals surface area contributed by atoms with Gasteiger partial charge >= 0.3 is 0 Å². The minimum absolute atomic E-state index is 0.520. The molecule has 0 spiro atoms. The van der Waals surface area contributed by atoms with Crippen LogP contribution >= 0.6 is 0 Å². The first-order valence-electron chi connectivity index (χ1n) is 45.6. The van der Waals surface area contributed by atoms with Crippen LogP contribution in [-0.4, -0.2) is 54.8 Å². The quantitative estimate of drug-likeness (QED) is 0.0984. The highest BCUT2D eigenvalue weighted by Gasteiger charge is 2.28. The minimum Gasteiger partial charge on any atom is -0.456 e. The summed E-state index contributed by atoms with van der Waals surface area (Å²) < 4.78 is 44.3. The molecule has 0 aliphatic carbocycles. The largest absolute Gasteiger partial charge is 0.456 e. The second kappa shape index (κ2) is 34.1. The summed E-state index contributed by atoms with van der Waals surface area (Å²) in [6.45, 7) is 0. The van der Waals surface area contributed by atoms with E-state index in [1.54, 1.807) is 0 Å². The van der Waals surface area contributed by atoms with Gasteiger partial charge in [0.25, 0.3) is 0 Å². The van der Waals surface area contributed by atoms with Gasteiger partial charge in [0.2, 0.25) is 17.7 Å². The van der Waals surface area contributed by atoms with Crippen molar-refractivity contribution in [1.29, 1.82) is 0 Å². The van der Waals surface area contributed by atoms with Crippen LogP contribution in [-0.2, 0) is 0 Å². The molecule has 18 nitrogen and oxygen atoms in total. The molecule has 10 heterocycles. The lowest BCUT2D eigenvalue weighted by Crippen LogP contribution is -2.00. The van der Waals surface area contributed by atoms with Crippen LogP contribution in [0.1, 0.15) is 0 Å². The average Bonchev–Trinajstić information content (AvgIpc) is 1.60. The van der Waals surface area contributed by atoms with E-state index in [1.807, 2.05) is 322 Å². The maximum Gasteiger partial charge on any atom is 0.228 e. The molecule has 18 aromatic carbocycles. The number of rotatable bonds is 14. The van der Waals surface area contributed by atoms with Gasteiger partial charge in [0.15, 0.2) is 57.5 Å². The molecule has 0 fully saturated rings. The Hall–Kier alpha value is -19.3. The lowest BCUT2D eigenvalue weighted by atomic mass is 10.00. The first-order chi connectivity index (χ1) is 68.8. The second-order valence-electron chi connectivity index (χ2n) is 33.7. The van der Waals surface area contributed by atoms with E-state index in [9.17, 15) is 0 Å². The van der Waals surface area contributed by atoms with Gasteiger partial charge in [0.1, 0.15) is 61.2 Å². The van der Waals surface area contributed by atoms with E-state index < -0.39 is 0 Å². The van der Waals surface area contributed by atoms with E-state index in [0.717, 1.165) is 210 Å². The molecular formula is C121H71N11O7. The van der Waals surface area contributed by atoms with Gasteiger partial charge < -0.3 is 30.9 Å². The second-order valence-corrected chi connectivity index (χ2v) is 33.7. The summed E-state index contributed by atoms with van der Waals surface area (Å²) >= 11 is 0. The Morgan fingerprint density at radius 3 is 0.813 bits per heavy atom. The number of para-hydroxylation sites is 8. The first-order valence-corrected chi connectivity index (χ1v) is 45.6. The Labute approximate surface area is 791 Å². The van der Waals surface area contributed by atoms with E-state index in [0.29, 0.717) is 64.0 Å². The van der Waals surface area contributed by atoms with E-state index in [2.05, 4.69) is 109 Å². The molecule has 652 valence electrons. The van der Waals surface area contributed by atoms with E-state index in [-0.39, 0.29) is 0 Å². The first kappa shape index (κ1) is 80.5. The molecule has 18 heteroatoms. The third kappa shape index (κ3) is 14.8. The minimum atomic E-state index is 0.520. The third-order valence-corrected chi connectivity index (χ3v) is 25.1. The summed E-state index contributed by atoms with van der Waals surface area (Å²) in [5.41, 5.74) is 27.4. The van der Waals surface area contributed by atoms with Crippen molar-refractivity contribution in [3.63, 3.8) is 0 Å². The monoisotopic (exact) mass is 1790 g/mol. The number of aromatic nitrogens is 11. The molecular weight excluding hydrogens is 1720 g/mol. The number of fused-ring (bicyclic) bond motifs is 15. The molecule has 28 rings (SSSR count). The summed E-state index contributed by atoms with van der Waals surface area (Å²) in [5, 5.41) is 7.58. The number of hydrogen-bond donors (Lipinski definition) is 0. The van der Waals surface area contributed by atoms with Gasteiger partial charge in [0.05, 0.1) is 11.4 Å². The van der Waals surface area contributed by atoms with Crippen LogP contribution in [0, 0.1) is 0 Å². The van der Waals surface area contributed by atoms with E-state index in [1.165, 1.54) is 5.56 Å². The number of furan rings is 4. The Morgan fingerprint density at radius 1 is 0.137 bits per heavy atom. The van der Waals surface area contributed by atoms with Gasteiger partial charge in [0, 0.05) is 115 Å². The van der Waals surface area contributed by atoms with Crippen molar-refractivity contribution in [2.45, 2.75) is 0 Å². The Morgan fingerprint density at radius 2 is 0.403 bits per heavy atom. The van der Waals surface area contributed by atoms with Gasteiger partial charge in [-0.05, 0) is 126 Å². The molecule has 0 unspecified atom stereocenters. The van der Waals surface area contributed by atoms with Crippen molar-refractivity contribution < 1.29 is 30.9 Å². The van der Waals surface area contributed by atoms with Crippen LogP contribution in [0.5, 0.6) is 0 Å².